The molecule has 23 heavy (non-hydrogen) atoms. The van der Waals surface area contributed by atoms with E-state index in [0.717, 1.165) is 38.8 Å². The summed E-state index contributed by atoms with van der Waals surface area (Å²) in [6, 6.07) is 2.50. The third-order valence-corrected chi connectivity index (χ3v) is 5.87. The van der Waals surface area contributed by atoms with Crippen molar-refractivity contribution in [3.05, 3.63) is 11.6 Å². The first kappa shape index (κ1) is 16.5. The number of rotatable bonds is 3. The summed E-state index contributed by atoms with van der Waals surface area (Å²) in [5.41, 5.74) is -0.0631. The maximum absolute atomic E-state index is 13.0. The molecule has 3 rings (SSSR count). The summed E-state index contributed by atoms with van der Waals surface area (Å²) < 4.78 is 5.40. The number of amides is 1. The van der Waals surface area contributed by atoms with Crippen LogP contribution in [0.1, 0.15) is 46.5 Å². The highest BCUT2D eigenvalue weighted by atomic mass is 16.5. The first-order valence-corrected chi connectivity index (χ1v) is 8.67. The molecule has 0 aromatic rings. The lowest BCUT2D eigenvalue weighted by Crippen LogP contribution is -2.49. The highest BCUT2D eigenvalue weighted by Crippen LogP contribution is 2.46. The Hall–Kier alpha value is -1.38. The van der Waals surface area contributed by atoms with E-state index in [0.29, 0.717) is 24.8 Å². The molecule has 5 nitrogen and oxygen atoms in total. The molecule has 3 aliphatic rings. The Morgan fingerprint density at radius 2 is 1.91 bits per heavy atom. The average Bonchev–Trinajstić information content (AvgIpc) is 3.05. The number of carbonyl (C=O) groups excluding carboxylic acids is 1. The lowest BCUT2D eigenvalue weighted by molar-refractivity contribution is -0.130. The fourth-order valence-corrected chi connectivity index (χ4v) is 4.43. The van der Waals surface area contributed by atoms with Gasteiger partial charge < -0.3 is 9.64 Å². The molecule has 2 bridgehead atoms. The fourth-order valence-electron chi connectivity index (χ4n) is 4.43. The van der Waals surface area contributed by atoms with E-state index in [4.69, 9.17) is 4.74 Å². The van der Waals surface area contributed by atoms with Crippen LogP contribution in [0, 0.1) is 11.3 Å². The van der Waals surface area contributed by atoms with Crippen molar-refractivity contribution in [3.63, 3.8) is 0 Å². The van der Waals surface area contributed by atoms with Gasteiger partial charge >= 0.3 is 0 Å². The van der Waals surface area contributed by atoms with Gasteiger partial charge in [-0.15, -0.1) is 0 Å². The van der Waals surface area contributed by atoms with Gasteiger partial charge in [0.2, 0.25) is 0 Å². The van der Waals surface area contributed by atoms with Crippen molar-refractivity contribution < 1.29 is 9.53 Å². The summed E-state index contributed by atoms with van der Waals surface area (Å²) in [6.45, 7) is 9.39. The predicted molar refractivity (Wildman–Crippen MR) is 87.7 cm³/mol. The Morgan fingerprint density at radius 1 is 1.30 bits per heavy atom. The van der Waals surface area contributed by atoms with E-state index in [1.54, 1.807) is 0 Å². The molecule has 3 heterocycles. The maximum Gasteiger partial charge on any atom is 0.264 e. The van der Waals surface area contributed by atoms with Crippen LogP contribution in [0.5, 0.6) is 0 Å². The molecule has 0 radical (unpaired) electrons. The molecule has 0 aromatic heterocycles. The minimum absolute atomic E-state index is 0.0409. The lowest BCUT2D eigenvalue weighted by Gasteiger charge is -2.39. The van der Waals surface area contributed by atoms with Crippen molar-refractivity contribution in [1.29, 1.82) is 5.26 Å². The van der Waals surface area contributed by atoms with E-state index in [1.165, 1.54) is 0 Å². The zero-order chi connectivity index (χ0) is 16.7. The number of nitriles is 1. The molecule has 0 aliphatic carbocycles. The minimum Gasteiger partial charge on any atom is -0.379 e. The van der Waals surface area contributed by atoms with Crippen LogP contribution in [0.2, 0.25) is 0 Å². The van der Waals surface area contributed by atoms with Crippen molar-refractivity contribution >= 4 is 5.91 Å². The molecule has 0 saturated carbocycles. The number of fused-ring (bicyclic) bond motifs is 2. The van der Waals surface area contributed by atoms with Gasteiger partial charge in [-0.05, 0) is 52.5 Å². The largest absolute Gasteiger partial charge is 0.379 e. The highest BCUT2D eigenvalue weighted by molar-refractivity contribution is 5.98. The second-order valence-corrected chi connectivity index (χ2v) is 7.83. The van der Waals surface area contributed by atoms with E-state index in [9.17, 15) is 10.1 Å². The van der Waals surface area contributed by atoms with Gasteiger partial charge in [-0.1, -0.05) is 0 Å². The molecule has 0 N–H and O–H groups in total. The van der Waals surface area contributed by atoms with Crippen LogP contribution in [0.25, 0.3) is 0 Å². The summed E-state index contributed by atoms with van der Waals surface area (Å²) >= 11 is 0. The Kier molecular flexibility index (Phi) is 4.24. The van der Waals surface area contributed by atoms with E-state index in [-0.39, 0.29) is 17.0 Å². The highest BCUT2D eigenvalue weighted by Gasteiger charge is 2.51. The molecule has 0 atom stereocenters. The van der Waals surface area contributed by atoms with Gasteiger partial charge in [0, 0.05) is 30.2 Å². The molecular formula is C18H27N3O2. The third-order valence-electron chi connectivity index (χ3n) is 5.87. The topological polar surface area (TPSA) is 56.6 Å². The number of nitrogens with zero attached hydrogens (tertiary/aromatic N) is 3. The number of carbonyl (C=O) groups is 1. The van der Waals surface area contributed by atoms with E-state index >= 15 is 0 Å². The number of hydrogen-bond donors (Lipinski definition) is 0. The number of morpholine rings is 1. The van der Waals surface area contributed by atoms with Crippen LogP contribution in [0.3, 0.4) is 0 Å². The molecule has 126 valence electrons. The average molecular weight is 317 g/mol. The Morgan fingerprint density at radius 3 is 2.39 bits per heavy atom. The summed E-state index contributed by atoms with van der Waals surface area (Å²) in [5.74, 6) is -0.0728. The standard InChI is InChI=1S/C18H27N3O2/c1-17(2,20-8-10-23-11-9-20)12-14(13-19)16(22)21-15-4-6-18(21,3)7-5-15/h12,15H,4-11H2,1-3H3. The molecule has 0 spiro atoms. The maximum atomic E-state index is 13.0. The van der Waals surface area contributed by atoms with E-state index in [2.05, 4.69) is 31.7 Å². The van der Waals surface area contributed by atoms with Crippen molar-refractivity contribution in [2.45, 2.75) is 63.6 Å². The van der Waals surface area contributed by atoms with E-state index < -0.39 is 0 Å². The van der Waals surface area contributed by atoms with Crippen molar-refractivity contribution in [3.8, 4) is 6.07 Å². The zero-order valence-corrected chi connectivity index (χ0v) is 14.5. The normalized spacial score (nSPS) is 32.2. The zero-order valence-electron chi connectivity index (χ0n) is 14.5. The Balaban J connectivity index is 1.81. The van der Waals surface area contributed by atoms with Gasteiger partial charge in [-0.3, -0.25) is 9.69 Å². The van der Waals surface area contributed by atoms with Crippen LogP contribution in [-0.2, 0) is 9.53 Å². The third kappa shape index (κ3) is 2.90. The first-order chi connectivity index (χ1) is 10.9. The van der Waals surface area contributed by atoms with Crippen LogP contribution in [0.15, 0.2) is 11.6 Å². The summed E-state index contributed by atoms with van der Waals surface area (Å²) in [5, 5.41) is 9.59. The van der Waals surface area contributed by atoms with E-state index in [1.807, 2.05) is 11.0 Å². The van der Waals surface area contributed by atoms with Gasteiger partial charge in [-0.25, -0.2) is 0 Å². The molecule has 0 unspecified atom stereocenters. The lowest BCUT2D eigenvalue weighted by atomic mass is 9.90. The van der Waals surface area contributed by atoms with Crippen molar-refractivity contribution in [2.24, 2.45) is 0 Å². The molecule has 0 aromatic carbocycles. The number of hydrogen-bond acceptors (Lipinski definition) is 4. The molecule has 3 aliphatic heterocycles. The summed E-state index contributed by atoms with van der Waals surface area (Å²) in [4.78, 5) is 17.3. The molecule has 1 amide bonds. The van der Waals surface area contributed by atoms with Crippen LogP contribution in [0.4, 0.5) is 0 Å². The second-order valence-electron chi connectivity index (χ2n) is 7.83. The molecule has 3 saturated heterocycles. The smallest absolute Gasteiger partial charge is 0.264 e. The SMILES string of the molecule is CC(C)(C=C(C#N)C(=O)N1C2CCC1(C)CC2)N1CCOCC1. The van der Waals surface area contributed by atoms with Gasteiger partial charge in [0.1, 0.15) is 11.6 Å². The Bertz CT molecular complexity index is 547. The molecular weight excluding hydrogens is 290 g/mol. The van der Waals surface area contributed by atoms with Crippen molar-refractivity contribution in [1.82, 2.24) is 9.80 Å². The van der Waals surface area contributed by atoms with Crippen LogP contribution in [-0.4, -0.2) is 59.1 Å². The van der Waals surface area contributed by atoms with Gasteiger partial charge in [0.15, 0.2) is 0 Å². The van der Waals surface area contributed by atoms with Crippen LogP contribution < -0.4 is 0 Å². The number of ether oxygens (including phenoxy) is 1. The second kappa shape index (κ2) is 5.92. The summed E-state index contributed by atoms with van der Waals surface area (Å²) in [6.07, 6.45) is 6.15. The fraction of sp³-hybridized carbons (Fsp3) is 0.778. The monoisotopic (exact) mass is 317 g/mol. The minimum atomic E-state index is -0.315. The first-order valence-electron chi connectivity index (χ1n) is 8.67. The van der Waals surface area contributed by atoms with Gasteiger partial charge in [0.05, 0.1) is 13.2 Å². The summed E-state index contributed by atoms with van der Waals surface area (Å²) in [7, 11) is 0. The quantitative estimate of drug-likeness (QED) is 0.591. The Labute approximate surface area is 138 Å². The molecule has 5 heteroatoms. The predicted octanol–water partition coefficient (Wildman–Crippen LogP) is 2.09. The van der Waals surface area contributed by atoms with Crippen molar-refractivity contribution in [2.75, 3.05) is 26.3 Å². The van der Waals surface area contributed by atoms with Gasteiger partial charge in [0.25, 0.3) is 5.91 Å². The van der Waals surface area contributed by atoms with Gasteiger partial charge in [-0.2, -0.15) is 5.26 Å². The molecule has 3 fully saturated rings. The van der Waals surface area contributed by atoms with Crippen LogP contribution >= 0.6 is 0 Å².